The number of aromatic nitrogens is 1. The zero-order valence-corrected chi connectivity index (χ0v) is 13.5. The summed E-state index contributed by atoms with van der Waals surface area (Å²) < 4.78 is 10.6. The van der Waals surface area contributed by atoms with Crippen molar-refractivity contribution in [2.75, 3.05) is 7.11 Å². The lowest BCUT2D eigenvalue weighted by molar-refractivity contribution is 0.0222. The van der Waals surface area contributed by atoms with Crippen LogP contribution in [0.4, 0.5) is 4.79 Å². The van der Waals surface area contributed by atoms with E-state index in [2.05, 4.69) is 10.4 Å². The van der Waals surface area contributed by atoms with Gasteiger partial charge in [-0.2, -0.15) is 5.43 Å². The summed E-state index contributed by atoms with van der Waals surface area (Å²) in [6.45, 7) is 7.26. The van der Waals surface area contributed by atoms with Gasteiger partial charge in [-0.3, -0.25) is 0 Å². The molecule has 0 saturated carbocycles. The van der Waals surface area contributed by atoms with Gasteiger partial charge in [0.1, 0.15) is 11.3 Å². The Kier molecular flexibility index (Phi) is 4.12. The van der Waals surface area contributed by atoms with Gasteiger partial charge in [0.15, 0.2) is 0 Å². The molecule has 0 bridgehead atoms. The molecule has 0 fully saturated rings. The molecule has 7 heteroatoms. The van der Waals surface area contributed by atoms with Crippen molar-refractivity contribution in [1.29, 1.82) is 0 Å². The summed E-state index contributed by atoms with van der Waals surface area (Å²) in [5.74, 6) is 0.408. The van der Waals surface area contributed by atoms with E-state index in [4.69, 9.17) is 15.2 Å². The summed E-state index contributed by atoms with van der Waals surface area (Å²) in [5, 5.41) is 1.21. The molecule has 7 nitrogen and oxygen atoms in total. The van der Waals surface area contributed by atoms with Gasteiger partial charge in [-0.25, -0.2) is 14.8 Å². The molecule has 1 aliphatic heterocycles. The van der Waals surface area contributed by atoms with E-state index in [1.165, 1.54) is 18.3 Å². The largest absolute Gasteiger partial charge is 0.481 e. The zero-order chi connectivity index (χ0) is 16.5. The number of pyridine rings is 1. The maximum Gasteiger partial charge on any atom is 0.429 e. The highest BCUT2D eigenvalue weighted by molar-refractivity contribution is 5.69. The predicted octanol–water partition coefficient (Wildman–Crippen LogP) is 1.78. The molecule has 22 heavy (non-hydrogen) atoms. The summed E-state index contributed by atoms with van der Waals surface area (Å²) in [6.07, 6.45) is 2.66. The third-order valence-corrected chi connectivity index (χ3v) is 3.02. The van der Waals surface area contributed by atoms with Gasteiger partial charge < -0.3 is 15.2 Å². The number of ether oxygens (including phenoxy) is 2. The van der Waals surface area contributed by atoms with Crippen LogP contribution in [-0.2, 0) is 10.4 Å². The maximum atomic E-state index is 12.1. The number of hydrogen-bond acceptors (Lipinski definition) is 6. The third kappa shape index (κ3) is 3.37. The van der Waals surface area contributed by atoms with Crippen LogP contribution in [0.5, 0.6) is 5.88 Å². The Morgan fingerprint density at radius 2 is 2.09 bits per heavy atom. The van der Waals surface area contributed by atoms with Crippen molar-refractivity contribution in [2.24, 2.45) is 5.73 Å². The highest BCUT2D eigenvalue weighted by Crippen LogP contribution is 2.29. The van der Waals surface area contributed by atoms with Gasteiger partial charge in [-0.15, -0.1) is 0 Å². The first kappa shape index (κ1) is 16.3. The van der Waals surface area contributed by atoms with E-state index in [9.17, 15) is 4.79 Å². The number of methoxy groups -OCH3 is 1. The quantitative estimate of drug-likeness (QED) is 0.865. The van der Waals surface area contributed by atoms with Crippen molar-refractivity contribution in [2.45, 2.75) is 39.0 Å². The number of carbonyl (C=O) groups is 1. The Hall–Kier alpha value is -2.12. The van der Waals surface area contributed by atoms with E-state index in [1.54, 1.807) is 26.8 Å². The topological polar surface area (TPSA) is 89.7 Å². The fourth-order valence-electron chi connectivity index (χ4n) is 2.04. The highest BCUT2D eigenvalue weighted by Gasteiger charge is 2.37. The molecule has 1 amide bonds. The lowest BCUT2D eigenvalue weighted by atomic mass is 10.0. The van der Waals surface area contributed by atoms with Crippen LogP contribution in [-0.4, -0.2) is 28.8 Å². The second-order valence-electron chi connectivity index (χ2n) is 6.16. The molecule has 1 aromatic rings. The SMILES string of the molecule is COc1nc(C)ccc1C1(N)C=CN(C(=O)OC(C)(C)C)N1. The minimum atomic E-state index is -1.09. The molecule has 1 atom stereocenters. The number of hydrazine groups is 1. The molecule has 1 aliphatic rings. The smallest absolute Gasteiger partial charge is 0.429 e. The molecule has 0 aromatic carbocycles. The van der Waals surface area contributed by atoms with Crippen LogP contribution < -0.4 is 15.9 Å². The Balaban J connectivity index is 2.21. The van der Waals surface area contributed by atoms with E-state index in [-0.39, 0.29) is 0 Å². The molecule has 0 spiro atoms. The van der Waals surface area contributed by atoms with Gasteiger partial charge >= 0.3 is 6.09 Å². The fourth-order valence-corrected chi connectivity index (χ4v) is 2.04. The van der Waals surface area contributed by atoms with Crippen molar-refractivity contribution in [1.82, 2.24) is 15.4 Å². The second kappa shape index (κ2) is 5.58. The van der Waals surface area contributed by atoms with Crippen LogP contribution >= 0.6 is 0 Å². The normalized spacial score (nSPS) is 21.1. The number of nitrogens with two attached hydrogens (primary N) is 1. The molecule has 2 rings (SSSR count). The predicted molar refractivity (Wildman–Crippen MR) is 81.7 cm³/mol. The molecule has 0 aliphatic carbocycles. The number of amides is 1. The summed E-state index contributed by atoms with van der Waals surface area (Å²) >= 11 is 0. The van der Waals surface area contributed by atoms with E-state index < -0.39 is 17.4 Å². The number of carbonyl (C=O) groups excluding carboxylic acids is 1. The van der Waals surface area contributed by atoms with Crippen LogP contribution in [0.15, 0.2) is 24.4 Å². The summed E-state index contributed by atoms with van der Waals surface area (Å²) in [4.78, 5) is 16.4. The third-order valence-electron chi connectivity index (χ3n) is 3.02. The molecule has 0 saturated heterocycles. The zero-order valence-electron chi connectivity index (χ0n) is 13.5. The standard InChI is InChI=1S/C15H22N4O3/c1-10-6-7-11(12(17-10)21-5)15(16)8-9-19(18-15)13(20)22-14(2,3)4/h6-9,18H,16H2,1-5H3. The number of nitrogens with one attached hydrogen (secondary N) is 1. The Bertz CT molecular complexity index is 609. The second-order valence-corrected chi connectivity index (χ2v) is 6.16. The number of aryl methyl sites for hydroxylation is 1. The van der Waals surface area contributed by atoms with Crippen LogP contribution in [0.25, 0.3) is 0 Å². The molecule has 3 N–H and O–H groups in total. The Morgan fingerprint density at radius 3 is 2.68 bits per heavy atom. The first-order valence-corrected chi connectivity index (χ1v) is 6.95. The summed E-state index contributed by atoms with van der Waals surface area (Å²) in [7, 11) is 1.53. The molecule has 0 radical (unpaired) electrons. The van der Waals surface area contributed by atoms with Gasteiger partial charge in [0, 0.05) is 11.9 Å². The van der Waals surface area contributed by atoms with Crippen molar-refractivity contribution in [3.05, 3.63) is 35.7 Å². The summed E-state index contributed by atoms with van der Waals surface area (Å²) in [6, 6.07) is 3.65. The average molecular weight is 306 g/mol. The van der Waals surface area contributed by atoms with Crippen LogP contribution in [0.2, 0.25) is 0 Å². The molecule has 2 heterocycles. The fraction of sp³-hybridized carbons (Fsp3) is 0.467. The average Bonchev–Trinajstić information content (AvgIpc) is 2.80. The van der Waals surface area contributed by atoms with E-state index in [1.807, 2.05) is 19.1 Å². The van der Waals surface area contributed by atoms with Crippen molar-refractivity contribution in [3.63, 3.8) is 0 Å². The van der Waals surface area contributed by atoms with E-state index in [0.717, 1.165) is 5.69 Å². The van der Waals surface area contributed by atoms with Crippen molar-refractivity contribution >= 4 is 6.09 Å². The van der Waals surface area contributed by atoms with Gasteiger partial charge in [-0.05, 0) is 45.9 Å². The van der Waals surface area contributed by atoms with Gasteiger partial charge in [0.25, 0.3) is 0 Å². The summed E-state index contributed by atoms with van der Waals surface area (Å²) in [5.41, 5.74) is 9.00. The molecular formula is C15H22N4O3. The molecule has 1 aromatic heterocycles. The van der Waals surface area contributed by atoms with Gasteiger partial charge in [0.05, 0.1) is 12.7 Å². The maximum absolute atomic E-state index is 12.1. The first-order valence-electron chi connectivity index (χ1n) is 6.95. The Labute approximate surface area is 130 Å². The number of hydrogen-bond donors (Lipinski definition) is 2. The highest BCUT2D eigenvalue weighted by atomic mass is 16.6. The van der Waals surface area contributed by atoms with Gasteiger partial charge in [0.2, 0.25) is 5.88 Å². The van der Waals surface area contributed by atoms with E-state index >= 15 is 0 Å². The minimum Gasteiger partial charge on any atom is -0.481 e. The molecular weight excluding hydrogens is 284 g/mol. The van der Waals surface area contributed by atoms with Crippen molar-refractivity contribution in [3.8, 4) is 5.88 Å². The number of nitrogens with zero attached hydrogens (tertiary/aromatic N) is 2. The lowest BCUT2D eigenvalue weighted by Gasteiger charge is -2.29. The molecule has 1 unspecified atom stereocenters. The monoisotopic (exact) mass is 306 g/mol. The van der Waals surface area contributed by atoms with Gasteiger partial charge in [-0.1, -0.05) is 0 Å². The van der Waals surface area contributed by atoms with E-state index in [0.29, 0.717) is 11.4 Å². The minimum absolute atomic E-state index is 0.408. The Morgan fingerprint density at radius 1 is 1.41 bits per heavy atom. The first-order chi connectivity index (χ1) is 10.1. The molecule has 120 valence electrons. The van der Waals surface area contributed by atoms with Crippen LogP contribution in [0.1, 0.15) is 32.0 Å². The number of rotatable bonds is 2. The lowest BCUT2D eigenvalue weighted by Crippen LogP contribution is -2.53. The van der Waals surface area contributed by atoms with Crippen molar-refractivity contribution < 1.29 is 14.3 Å². The van der Waals surface area contributed by atoms with Crippen LogP contribution in [0.3, 0.4) is 0 Å². The van der Waals surface area contributed by atoms with Crippen LogP contribution in [0, 0.1) is 6.92 Å².